The highest BCUT2D eigenvalue weighted by Gasteiger charge is 2.25. The van der Waals surface area contributed by atoms with Gasteiger partial charge in [0.25, 0.3) is 0 Å². The number of hydrogen-bond acceptors (Lipinski definition) is 6. The Bertz CT molecular complexity index is 873. The molecule has 0 spiro atoms. The van der Waals surface area contributed by atoms with Crippen molar-refractivity contribution in [1.29, 1.82) is 0 Å². The minimum atomic E-state index is -3.51. The van der Waals surface area contributed by atoms with Crippen LogP contribution in [0.5, 0.6) is 5.75 Å². The van der Waals surface area contributed by atoms with Crippen LogP contribution < -0.4 is 0 Å². The first-order valence-corrected chi connectivity index (χ1v) is 11.3. The van der Waals surface area contributed by atoms with Crippen LogP contribution in [0.1, 0.15) is 36.0 Å². The molecule has 2 aromatic rings. The van der Waals surface area contributed by atoms with Crippen molar-refractivity contribution in [3.63, 3.8) is 0 Å². The molecule has 144 valence electrons. The molecule has 0 aliphatic carbocycles. The number of nitrogens with zero attached hydrogens (tertiary/aromatic N) is 2. The lowest BCUT2D eigenvalue weighted by molar-refractivity contribution is 0.102. The zero-order chi connectivity index (χ0) is 19.3. The number of phenolic OH excluding ortho intramolecular Hbond substituents is 1. The Kier molecular flexibility index (Phi) is 6.51. The molecular formula is C19H22N2O4S2. The van der Waals surface area contributed by atoms with Gasteiger partial charge in [0.2, 0.25) is 10.0 Å². The second-order valence-corrected chi connectivity index (χ2v) is 9.34. The number of thioether (sulfide) groups is 1. The first-order valence-electron chi connectivity index (χ1n) is 8.88. The summed E-state index contributed by atoms with van der Waals surface area (Å²) in [6, 6.07) is 9.28. The SMILES string of the molecule is O=C(CSc1ccc(S(=O)(=O)N2CCCCCC2)cn1)c1ccc(O)cc1. The maximum absolute atomic E-state index is 12.7. The van der Waals surface area contributed by atoms with Gasteiger partial charge in [-0.05, 0) is 49.2 Å². The quantitative estimate of drug-likeness (QED) is 0.585. The summed E-state index contributed by atoms with van der Waals surface area (Å²) in [4.78, 5) is 16.6. The summed E-state index contributed by atoms with van der Waals surface area (Å²) in [6.07, 6.45) is 5.28. The van der Waals surface area contributed by atoms with Crippen LogP contribution in [0, 0.1) is 0 Å². The summed E-state index contributed by atoms with van der Waals surface area (Å²) in [5, 5.41) is 9.86. The van der Waals surface area contributed by atoms with Crippen molar-refractivity contribution in [2.24, 2.45) is 0 Å². The molecule has 0 amide bonds. The van der Waals surface area contributed by atoms with E-state index in [1.807, 2.05) is 0 Å². The Labute approximate surface area is 163 Å². The molecule has 0 bridgehead atoms. The number of hydrogen-bond donors (Lipinski definition) is 1. The minimum Gasteiger partial charge on any atom is -0.508 e. The number of aromatic hydroxyl groups is 1. The molecule has 1 aliphatic heterocycles. The normalized spacial score (nSPS) is 16.0. The second-order valence-electron chi connectivity index (χ2n) is 6.41. The van der Waals surface area contributed by atoms with E-state index in [4.69, 9.17) is 0 Å². The fourth-order valence-corrected chi connectivity index (χ4v) is 5.11. The van der Waals surface area contributed by atoms with E-state index in [-0.39, 0.29) is 22.2 Å². The van der Waals surface area contributed by atoms with Gasteiger partial charge in [-0.3, -0.25) is 4.79 Å². The topological polar surface area (TPSA) is 87.6 Å². The number of carbonyl (C=O) groups is 1. The van der Waals surface area contributed by atoms with Crippen molar-refractivity contribution < 1.29 is 18.3 Å². The highest BCUT2D eigenvalue weighted by atomic mass is 32.2. The molecule has 1 N–H and O–H groups in total. The lowest BCUT2D eigenvalue weighted by Gasteiger charge is -2.19. The smallest absolute Gasteiger partial charge is 0.244 e. The van der Waals surface area contributed by atoms with Gasteiger partial charge in [-0.2, -0.15) is 4.31 Å². The molecule has 1 aliphatic rings. The summed E-state index contributed by atoms with van der Waals surface area (Å²) < 4.78 is 27.0. The lowest BCUT2D eigenvalue weighted by Crippen LogP contribution is -2.32. The molecule has 6 nitrogen and oxygen atoms in total. The zero-order valence-corrected chi connectivity index (χ0v) is 16.5. The van der Waals surface area contributed by atoms with Gasteiger partial charge in [0.1, 0.15) is 10.6 Å². The van der Waals surface area contributed by atoms with Crippen molar-refractivity contribution in [1.82, 2.24) is 9.29 Å². The Morgan fingerprint density at radius 3 is 2.30 bits per heavy atom. The van der Waals surface area contributed by atoms with Gasteiger partial charge in [-0.15, -0.1) is 0 Å². The van der Waals surface area contributed by atoms with Crippen LogP contribution in [0.4, 0.5) is 0 Å². The predicted octanol–water partition coefficient (Wildman–Crippen LogP) is 3.33. The highest BCUT2D eigenvalue weighted by Crippen LogP contribution is 2.23. The van der Waals surface area contributed by atoms with Crippen LogP contribution in [0.3, 0.4) is 0 Å². The largest absolute Gasteiger partial charge is 0.508 e. The molecule has 2 heterocycles. The van der Waals surface area contributed by atoms with Gasteiger partial charge in [0.05, 0.1) is 10.8 Å². The first kappa shape index (κ1) is 19.9. The number of phenols is 1. The van der Waals surface area contributed by atoms with Gasteiger partial charge in [-0.25, -0.2) is 13.4 Å². The number of carbonyl (C=O) groups excluding carboxylic acids is 1. The molecule has 3 rings (SSSR count). The third-order valence-corrected chi connectivity index (χ3v) is 7.28. The maximum atomic E-state index is 12.7. The molecule has 8 heteroatoms. The summed E-state index contributed by atoms with van der Waals surface area (Å²) in [6.45, 7) is 1.11. The van der Waals surface area contributed by atoms with E-state index < -0.39 is 10.0 Å². The summed E-state index contributed by atoms with van der Waals surface area (Å²) >= 11 is 1.25. The molecule has 0 radical (unpaired) electrons. The third-order valence-electron chi connectivity index (χ3n) is 4.45. The monoisotopic (exact) mass is 406 g/mol. The van der Waals surface area contributed by atoms with E-state index in [1.165, 1.54) is 34.4 Å². The Morgan fingerprint density at radius 1 is 1.04 bits per heavy atom. The van der Waals surface area contributed by atoms with E-state index in [9.17, 15) is 18.3 Å². The van der Waals surface area contributed by atoms with Crippen molar-refractivity contribution in [3.8, 4) is 5.75 Å². The summed E-state index contributed by atoms with van der Waals surface area (Å²) in [5.74, 6) is 0.223. The van der Waals surface area contributed by atoms with E-state index in [2.05, 4.69) is 4.98 Å². The molecule has 1 aromatic heterocycles. The molecule has 27 heavy (non-hydrogen) atoms. The number of sulfonamides is 1. The van der Waals surface area contributed by atoms with Gasteiger partial charge in [0, 0.05) is 24.8 Å². The fraction of sp³-hybridized carbons (Fsp3) is 0.368. The maximum Gasteiger partial charge on any atom is 0.244 e. The van der Waals surface area contributed by atoms with E-state index in [0.717, 1.165) is 25.7 Å². The van der Waals surface area contributed by atoms with Crippen molar-refractivity contribution >= 4 is 27.6 Å². The van der Waals surface area contributed by atoms with Crippen LogP contribution in [-0.4, -0.2) is 47.4 Å². The van der Waals surface area contributed by atoms with Crippen molar-refractivity contribution in [3.05, 3.63) is 48.2 Å². The molecule has 1 fully saturated rings. The zero-order valence-electron chi connectivity index (χ0n) is 14.9. The van der Waals surface area contributed by atoms with Crippen LogP contribution in [0.25, 0.3) is 0 Å². The molecular weight excluding hydrogens is 384 g/mol. The molecule has 0 unspecified atom stereocenters. The van der Waals surface area contributed by atoms with Crippen molar-refractivity contribution in [2.45, 2.75) is 35.6 Å². The number of Topliss-reactive ketones (excluding diaryl/α,β-unsaturated/α-hetero) is 1. The average Bonchev–Trinajstić information content (AvgIpc) is 2.97. The number of pyridine rings is 1. The van der Waals surface area contributed by atoms with E-state index in [0.29, 0.717) is 23.7 Å². The standard InChI is InChI=1S/C19H22N2O4S2/c22-16-7-5-15(6-8-16)18(23)14-26-19-10-9-17(13-20-19)27(24,25)21-11-3-1-2-4-12-21/h5-10,13,22H,1-4,11-12,14H2. The molecule has 1 saturated heterocycles. The van der Waals surface area contributed by atoms with E-state index in [1.54, 1.807) is 24.3 Å². The fourth-order valence-electron chi connectivity index (χ4n) is 2.91. The number of aromatic nitrogens is 1. The van der Waals surface area contributed by atoms with Crippen LogP contribution in [0.2, 0.25) is 0 Å². The average molecular weight is 407 g/mol. The number of ketones is 1. The molecule has 0 atom stereocenters. The summed E-state index contributed by atoms with van der Waals surface area (Å²) in [5.41, 5.74) is 0.515. The molecule has 0 saturated carbocycles. The van der Waals surface area contributed by atoms with Crippen LogP contribution >= 0.6 is 11.8 Å². The second kappa shape index (κ2) is 8.86. The minimum absolute atomic E-state index is 0.0805. The number of benzene rings is 1. The number of rotatable bonds is 6. The molecule has 1 aromatic carbocycles. The van der Waals surface area contributed by atoms with Crippen molar-refractivity contribution in [2.75, 3.05) is 18.8 Å². The first-order chi connectivity index (χ1) is 13.0. The lowest BCUT2D eigenvalue weighted by atomic mass is 10.1. The van der Waals surface area contributed by atoms with Crippen LogP contribution in [-0.2, 0) is 10.0 Å². The van der Waals surface area contributed by atoms with Gasteiger partial charge < -0.3 is 5.11 Å². The third kappa shape index (κ3) is 5.09. The Hall–Kier alpha value is -1.90. The van der Waals surface area contributed by atoms with Gasteiger partial charge in [0.15, 0.2) is 5.78 Å². The Balaban J connectivity index is 1.62. The predicted molar refractivity (Wildman–Crippen MR) is 105 cm³/mol. The Morgan fingerprint density at radius 2 is 1.70 bits per heavy atom. The van der Waals surface area contributed by atoms with Gasteiger partial charge >= 0.3 is 0 Å². The van der Waals surface area contributed by atoms with Crippen LogP contribution in [0.15, 0.2) is 52.5 Å². The van der Waals surface area contributed by atoms with Gasteiger partial charge in [-0.1, -0.05) is 24.6 Å². The summed E-state index contributed by atoms with van der Waals surface area (Å²) in [7, 11) is -3.51. The van der Waals surface area contributed by atoms with E-state index >= 15 is 0 Å². The highest BCUT2D eigenvalue weighted by molar-refractivity contribution is 7.99.